The van der Waals surface area contributed by atoms with E-state index in [1.165, 1.54) is 12.6 Å². The summed E-state index contributed by atoms with van der Waals surface area (Å²) in [5.41, 5.74) is 2.57. The minimum Gasteiger partial charge on any atom is -0.356 e. The zero-order valence-electron chi connectivity index (χ0n) is 15.3. The van der Waals surface area contributed by atoms with E-state index in [4.69, 9.17) is 4.98 Å². The molecule has 0 radical (unpaired) electrons. The summed E-state index contributed by atoms with van der Waals surface area (Å²) >= 11 is 0. The Morgan fingerprint density at radius 2 is 2.00 bits per heavy atom. The molecule has 2 aliphatic rings. The van der Waals surface area contributed by atoms with Crippen molar-refractivity contribution in [3.8, 4) is 11.4 Å². The van der Waals surface area contributed by atoms with Gasteiger partial charge in [-0.15, -0.1) is 0 Å². The molecule has 3 aromatic rings. The van der Waals surface area contributed by atoms with Crippen molar-refractivity contribution in [2.75, 3.05) is 31.1 Å². The van der Waals surface area contributed by atoms with Gasteiger partial charge in [0, 0.05) is 25.8 Å². The second kappa shape index (κ2) is 6.23. The van der Waals surface area contributed by atoms with Crippen molar-refractivity contribution in [1.82, 2.24) is 30.5 Å². The van der Waals surface area contributed by atoms with Crippen molar-refractivity contribution < 1.29 is 4.39 Å². The van der Waals surface area contributed by atoms with Crippen LogP contribution in [0.25, 0.3) is 22.3 Å². The average Bonchev–Trinajstić information content (AvgIpc) is 3.31. The maximum absolute atomic E-state index is 14.7. The fourth-order valence-corrected chi connectivity index (χ4v) is 4.38. The summed E-state index contributed by atoms with van der Waals surface area (Å²) < 4.78 is 14.7. The lowest BCUT2D eigenvalue weighted by molar-refractivity contribution is 0.247. The molecule has 0 aromatic carbocycles. The smallest absolute Gasteiger partial charge is 0.165 e. The number of halogens is 1. The van der Waals surface area contributed by atoms with Gasteiger partial charge in [0.2, 0.25) is 0 Å². The summed E-state index contributed by atoms with van der Waals surface area (Å²) in [4.78, 5) is 15.5. The maximum atomic E-state index is 14.7. The van der Waals surface area contributed by atoms with Gasteiger partial charge >= 0.3 is 0 Å². The fraction of sp³-hybridized carbons (Fsp3) is 0.474. The number of aromatic nitrogens is 5. The summed E-state index contributed by atoms with van der Waals surface area (Å²) in [6, 6.07) is 0. The molecule has 3 aromatic heterocycles. The van der Waals surface area contributed by atoms with E-state index in [1.807, 2.05) is 6.92 Å². The number of nitrogens with one attached hydrogen (secondary N) is 2. The zero-order valence-corrected chi connectivity index (χ0v) is 15.3. The van der Waals surface area contributed by atoms with E-state index in [1.54, 1.807) is 12.4 Å². The quantitative estimate of drug-likeness (QED) is 0.724. The third-order valence-corrected chi connectivity index (χ3v) is 6.07. The standard InChI is InChI=1S/C19H22FN7/c1-12-13(8-23-26-12)17-24-15-10-22-9-14(20)16(15)18(25-17)27-6-3-19(4-7-27)2-5-21-11-19/h8-10,21H,2-7,11H2,1H3,(H,23,26). The van der Waals surface area contributed by atoms with E-state index in [9.17, 15) is 4.39 Å². The lowest BCUT2D eigenvalue weighted by Gasteiger charge is -2.39. The van der Waals surface area contributed by atoms with Gasteiger partial charge in [0.15, 0.2) is 11.6 Å². The number of aromatic amines is 1. The van der Waals surface area contributed by atoms with Crippen molar-refractivity contribution in [3.05, 3.63) is 30.1 Å². The first-order valence-corrected chi connectivity index (χ1v) is 9.43. The summed E-state index contributed by atoms with van der Waals surface area (Å²) in [6.45, 7) is 5.84. The Hall–Kier alpha value is -2.61. The van der Waals surface area contributed by atoms with E-state index in [0.717, 1.165) is 50.3 Å². The minimum absolute atomic E-state index is 0.374. The molecule has 7 nitrogen and oxygen atoms in total. The summed E-state index contributed by atoms with van der Waals surface area (Å²) in [7, 11) is 0. The number of anilines is 1. The summed E-state index contributed by atoms with van der Waals surface area (Å²) in [5.74, 6) is 0.844. The lowest BCUT2D eigenvalue weighted by Crippen LogP contribution is -2.41. The first-order chi connectivity index (χ1) is 13.2. The number of fused-ring (bicyclic) bond motifs is 1. The third kappa shape index (κ3) is 2.75. The lowest BCUT2D eigenvalue weighted by atomic mass is 9.78. The Labute approximate surface area is 156 Å². The van der Waals surface area contributed by atoms with Crippen molar-refractivity contribution in [1.29, 1.82) is 0 Å². The summed E-state index contributed by atoms with van der Waals surface area (Å²) in [6.07, 6.45) is 8.04. The molecule has 0 saturated carbocycles. The number of pyridine rings is 1. The Kier molecular flexibility index (Phi) is 3.82. The van der Waals surface area contributed by atoms with Crippen LogP contribution >= 0.6 is 0 Å². The Bertz CT molecular complexity index is 983. The van der Waals surface area contributed by atoms with E-state index in [0.29, 0.717) is 28.0 Å². The highest BCUT2D eigenvalue weighted by Gasteiger charge is 2.37. The van der Waals surface area contributed by atoms with Crippen molar-refractivity contribution in [2.45, 2.75) is 26.2 Å². The number of aryl methyl sites for hydroxylation is 1. The maximum Gasteiger partial charge on any atom is 0.165 e. The van der Waals surface area contributed by atoms with Gasteiger partial charge in [0.05, 0.1) is 34.6 Å². The Morgan fingerprint density at radius 1 is 1.15 bits per heavy atom. The van der Waals surface area contributed by atoms with E-state index < -0.39 is 0 Å². The number of rotatable bonds is 2. The first-order valence-electron chi connectivity index (χ1n) is 9.43. The van der Waals surface area contributed by atoms with Crippen molar-refractivity contribution >= 4 is 16.7 Å². The van der Waals surface area contributed by atoms with Crippen LogP contribution in [0.1, 0.15) is 25.0 Å². The molecule has 0 unspecified atom stereocenters. The molecule has 2 aliphatic heterocycles. The van der Waals surface area contributed by atoms with E-state index in [2.05, 4.69) is 30.4 Å². The van der Waals surface area contributed by atoms with Crippen LogP contribution < -0.4 is 10.2 Å². The van der Waals surface area contributed by atoms with Crippen molar-refractivity contribution in [3.63, 3.8) is 0 Å². The molecule has 2 N–H and O–H groups in total. The zero-order chi connectivity index (χ0) is 18.4. The topological polar surface area (TPSA) is 82.6 Å². The highest BCUT2D eigenvalue weighted by Crippen LogP contribution is 2.39. The molecule has 0 aliphatic carbocycles. The summed E-state index contributed by atoms with van der Waals surface area (Å²) in [5, 5.41) is 11.0. The van der Waals surface area contributed by atoms with Gasteiger partial charge < -0.3 is 10.2 Å². The minimum atomic E-state index is -0.374. The highest BCUT2D eigenvalue weighted by molar-refractivity contribution is 5.91. The molecule has 1 spiro atoms. The molecule has 140 valence electrons. The van der Waals surface area contributed by atoms with Gasteiger partial charge in [-0.1, -0.05) is 0 Å². The third-order valence-electron chi connectivity index (χ3n) is 6.07. The SMILES string of the molecule is Cc1n[nH]cc1-c1nc(N2CCC3(CCNC3)CC2)c2c(F)cncc2n1. The molecule has 2 fully saturated rings. The van der Waals surface area contributed by atoms with Gasteiger partial charge in [-0.25, -0.2) is 14.4 Å². The normalized spacial score (nSPS) is 19.3. The van der Waals surface area contributed by atoms with Gasteiger partial charge in [-0.05, 0) is 38.1 Å². The molecule has 0 bridgehead atoms. The molecule has 8 heteroatoms. The number of H-pyrrole nitrogens is 1. The van der Waals surface area contributed by atoms with Gasteiger partial charge in [-0.3, -0.25) is 10.1 Å². The van der Waals surface area contributed by atoms with Gasteiger partial charge in [0.25, 0.3) is 0 Å². The number of nitrogens with zero attached hydrogens (tertiary/aromatic N) is 5. The van der Waals surface area contributed by atoms with Crippen LogP contribution in [-0.4, -0.2) is 51.3 Å². The van der Waals surface area contributed by atoms with Crippen molar-refractivity contribution in [2.24, 2.45) is 5.41 Å². The molecular weight excluding hydrogens is 345 g/mol. The van der Waals surface area contributed by atoms with Crippen LogP contribution in [-0.2, 0) is 0 Å². The molecule has 2 saturated heterocycles. The van der Waals surface area contributed by atoms with E-state index in [-0.39, 0.29) is 5.82 Å². The highest BCUT2D eigenvalue weighted by atomic mass is 19.1. The average molecular weight is 367 g/mol. The molecule has 5 heterocycles. The fourth-order valence-electron chi connectivity index (χ4n) is 4.38. The largest absolute Gasteiger partial charge is 0.356 e. The predicted molar refractivity (Wildman–Crippen MR) is 101 cm³/mol. The first kappa shape index (κ1) is 16.6. The van der Waals surface area contributed by atoms with Gasteiger partial charge in [0.1, 0.15) is 5.82 Å². The van der Waals surface area contributed by atoms with Crippen LogP contribution in [0, 0.1) is 18.2 Å². The second-order valence-electron chi connectivity index (χ2n) is 7.68. The van der Waals surface area contributed by atoms with Crippen LogP contribution in [0.3, 0.4) is 0 Å². The van der Waals surface area contributed by atoms with Crippen LogP contribution in [0.5, 0.6) is 0 Å². The molecule has 5 rings (SSSR count). The Morgan fingerprint density at radius 3 is 2.70 bits per heavy atom. The number of hydrogen-bond acceptors (Lipinski definition) is 6. The second-order valence-corrected chi connectivity index (χ2v) is 7.68. The Balaban J connectivity index is 1.59. The molecule has 27 heavy (non-hydrogen) atoms. The number of piperidine rings is 1. The monoisotopic (exact) mass is 367 g/mol. The van der Waals surface area contributed by atoms with Crippen LogP contribution in [0.15, 0.2) is 18.6 Å². The van der Waals surface area contributed by atoms with E-state index >= 15 is 0 Å². The number of hydrogen-bond donors (Lipinski definition) is 2. The molecule has 0 amide bonds. The van der Waals surface area contributed by atoms with Crippen LogP contribution in [0.4, 0.5) is 10.2 Å². The molecular formula is C19H22FN7. The molecule has 0 atom stereocenters. The predicted octanol–water partition coefficient (Wildman–Crippen LogP) is 2.44. The van der Waals surface area contributed by atoms with Crippen LogP contribution in [0.2, 0.25) is 0 Å². The van der Waals surface area contributed by atoms with Gasteiger partial charge in [-0.2, -0.15) is 5.10 Å².